The summed E-state index contributed by atoms with van der Waals surface area (Å²) in [7, 11) is 0. The Hall–Kier alpha value is -3.57. The maximum atomic E-state index is 11.6. The highest BCUT2D eigenvalue weighted by atomic mass is 32.1. The first-order valence-electron chi connectivity index (χ1n) is 8.61. The number of hydrogen-bond acceptors (Lipinski definition) is 7. The zero-order valence-corrected chi connectivity index (χ0v) is 15.6. The van der Waals surface area contributed by atoms with Gasteiger partial charge in [0, 0.05) is 5.56 Å². The lowest BCUT2D eigenvalue weighted by Gasteiger charge is -2.01. The zero-order valence-electron chi connectivity index (χ0n) is 14.8. The number of nitriles is 1. The predicted molar refractivity (Wildman–Crippen MR) is 104 cm³/mol. The number of hydrogen-bond donors (Lipinski definition) is 1. The maximum Gasteiger partial charge on any atom is 0.230 e. The van der Waals surface area contributed by atoms with Gasteiger partial charge >= 0.3 is 0 Å². The smallest absolute Gasteiger partial charge is 0.230 e. The van der Waals surface area contributed by atoms with Crippen molar-refractivity contribution >= 4 is 27.5 Å². The van der Waals surface area contributed by atoms with E-state index in [1.54, 1.807) is 11.3 Å². The SMILES string of the molecule is N#CCNC(=O)Cc1nnc(Cc2nc3cccc(-c4ccccc4)c3s2)o1. The fourth-order valence-corrected chi connectivity index (χ4v) is 3.90. The monoisotopic (exact) mass is 389 g/mol. The van der Waals surface area contributed by atoms with E-state index >= 15 is 0 Å². The number of aromatic nitrogens is 3. The molecule has 0 saturated heterocycles. The van der Waals surface area contributed by atoms with Crippen LogP contribution in [-0.4, -0.2) is 27.6 Å². The van der Waals surface area contributed by atoms with Crippen molar-refractivity contribution in [3.05, 3.63) is 65.3 Å². The lowest BCUT2D eigenvalue weighted by atomic mass is 10.1. The van der Waals surface area contributed by atoms with E-state index in [2.05, 4.69) is 38.7 Å². The van der Waals surface area contributed by atoms with E-state index < -0.39 is 0 Å². The fraction of sp³-hybridized carbons (Fsp3) is 0.150. The highest BCUT2D eigenvalue weighted by Crippen LogP contribution is 2.33. The molecule has 0 aliphatic rings. The molecule has 4 aromatic rings. The summed E-state index contributed by atoms with van der Waals surface area (Å²) in [5.74, 6) is 0.296. The number of amides is 1. The molecule has 28 heavy (non-hydrogen) atoms. The third-order valence-corrected chi connectivity index (χ3v) is 5.14. The topological polar surface area (TPSA) is 105 Å². The quantitative estimate of drug-likeness (QED) is 0.508. The number of thiazole rings is 1. The van der Waals surface area contributed by atoms with Crippen LogP contribution in [0.5, 0.6) is 0 Å². The first kappa shape index (κ1) is 17.8. The minimum Gasteiger partial charge on any atom is -0.424 e. The van der Waals surface area contributed by atoms with Gasteiger partial charge in [0.2, 0.25) is 17.7 Å². The molecule has 4 rings (SSSR count). The summed E-state index contributed by atoms with van der Waals surface area (Å²) in [4.78, 5) is 16.3. The van der Waals surface area contributed by atoms with Crippen molar-refractivity contribution in [1.82, 2.24) is 20.5 Å². The molecule has 2 heterocycles. The van der Waals surface area contributed by atoms with Gasteiger partial charge in [-0.2, -0.15) is 5.26 Å². The minimum absolute atomic E-state index is 0.0463. The van der Waals surface area contributed by atoms with E-state index in [0.29, 0.717) is 12.3 Å². The second-order valence-electron chi connectivity index (χ2n) is 6.01. The van der Waals surface area contributed by atoms with Crippen molar-refractivity contribution in [2.75, 3.05) is 6.54 Å². The number of nitrogens with one attached hydrogen (secondary N) is 1. The first-order chi connectivity index (χ1) is 13.7. The normalized spacial score (nSPS) is 10.7. The summed E-state index contributed by atoms with van der Waals surface area (Å²) in [6.45, 7) is -0.0463. The van der Waals surface area contributed by atoms with Gasteiger partial charge in [0.15, 0.2) is 0 Å². The zero-order chi connectivity index (χ0) is 19.3. The Morgan fingerprint density at radius 3 is 2.75 bits per heavy atom. The Labute approximate surface area is 164 Å². The Kier molecular flexibility index (Phi) is 5.08. The van der Waals surface area contributed by atoms with Crippen LogP contribution in [0.2, 0.25) is 0 Å². The van der Waals surface area contributed by atoms with Crippen LogP contribution in [0.1, 0.15) is 16.8 Å². The summed E-state index contributed by atoms with van der Waals surface area (Å²) in [5.41, 5.74) is 3.21. The number of carbonyl (C=O) groups is 1. The molecule has 1 N–H and O–H groups in total. The van der Waals surface area contributed by atoms with Gasteiger partial charge in [0.05, 0.1) is 22.7 Å². The average molecular weight is 389 g/mol. The van der Waals surface area contributed by atoms with Gasteiger partial charge in [-0.1, -0.05) is 42.5 Å². The van der Waals surface area contributed by atoms with Crippen LogP contribution in [0.4, 0.5) is 0 Å². The van der Waals surface area contributed by atoms with Crippen molar-refractivity contribution in [2.24, 2.45) is 0 Å². The number of nitrogens with zero attached hydrogens (tertiary/aromatic N) is 4. The molecule has 0 aliphatic heterocycles. The van der Waals surface area contributed by atoms with Gasteiger partial charge in [0.1, 0.15) is 18.0 Å². The molecule has 2 aromatic carbocycles. The van der Waals surface area contributed by atoms with Gasteiger partial charge in [-0.25, -0.2) is 4.98 Å². The number of fused-ring (bicyclic) bond motifs is 1. The highest BCUT2D eigenvalue weighted by molar-refractivity contribution is 7.19. The Bertz CT molecular complexity index is 1160. The van der Waals surface area contributed by atoms with Crippen LogP contribution in [0.15, 0.2) is 52.9 Å². The van der Waals surface area contributed by atoms with Crippen molar-refractivity contribution in [2.45, 2.75) is 12.8 Å². The molecule has 0 atom stereocenters. The van der Waals surface area contributed by atoms with Crippen LogP contribution >= 0.6 is 11.3 Å². The van der Waals surface area contributed by atoms with E-state index in [1.165, 1.54) is 0 Å². The molecule has 0 fully saturated rings. The largest absolute Gasteiger partial charge is 0.424 e. The number of benzene rings is 2. The van der Waals surface area contributed by atoms with E-state index in [-0.39, 0.29) is 24.8 Å². The van der Waals surface area contributed by atoms with Gasteiger partial charge in [-0.3, -0.25) is 4.79 Å². The summed E-state index contributed by atoms with van der Waals surface area (Å²) in [6.07, 6.45) is 0.354. The molecule has 8 heteroatoms. The molecule has 0 saturated carbocycles. The van der Waals surface area contributed by atoms with E-state index in [9.17, 15) is 4.79 Å². The summed E-state index contributed by atoms with van der Waals surface area (Å²) >= 11 is 1.59. The molecule has 138 valence electrons. The van der Waals surface area contributed by atoms with Crippen LogP contribution in [0.25, 0.3) is 21.3 Å². The lowest BCUT2D eigenvalue weighted by Crippen LogP contribution is -2.25. The Morgan fingerprint density at radius 2 is 1.93 bits per heavy atom. The highest BCUT2D eigenvalue weighted by Gasteiger charge is 2.14. The second-order valence-corrected chi connectivity index (χ2v) is 7.09. The van der Waals surface area contributed by atoms with Crippen molar-refractivity contribution in [1.29, 1.82) is 5.26 Å². The molecule has 0 unspecified atom stereocenters. The van der Waals surface area contributed by atoms with Crippen LogP contribution in [0, 0.1) is 11.3 Å². The molecule has 0 radical (unpaired) electrons. The van der Waals surface area contributed by atoms with E-state index in [0.717, 1.165) is 26.4 Å². The number of rotatable bonds is 6. The second kappa shape index (κ2) is 7.98. The maximum absolute atomic E-state index is 11.6. The average Bonchev–Trinajstić information content (AvgIpc) is 3.33. The van der Waals surface area contributed by atoms with Gasteiger partial charge in [0.25, 0.3) is 0 Å². The molecule has 7 nitrogen and oxygen atoms in total. The van der Waals surface area contributed by atoms with E-state index in [1.807, 2.05) is 36.4 Å². The van der Waals surface area contributed by atoms with Crippen molar-refractivity contribution in [3.63, 3.8) is 0 Å². The van der Waals surface area contributed by atoms with Crippen molar-refractivity contribution in [3.8, 4) is 17.2 Å². The Balaban J connectivity index is 1.53. The molecular formula is C20H15N5O2S. The van der Waals surface area contributed by atoms with Crippen LogP contribution < -0.4 is 5.32 Å². The molecule has 1 amide bonds. The summed E-state index contributed by atoms with van der Waals surface area (Å²) in [6, 6.07) is 18.1. The van der Waals surface area contributed by atoms with Gasteiger partial charge in [-0.05, 0) is 11.6 Å². The lowest BCUT2D eigenvalue weighted by molar-refractivity contribution is -0.120. The minimum atomic E-state index is -0.329. The van der Waals surface area contributed by atoms with Crippen molar-refractivity contribution < 1.29 is 9.21 Å². The first-order valence-corrected chi connectivity index (χ1v) is 9.43. The molecule has 0 spiro atoms. The third kappa shape index (κ3) is 3.89. The van der Waals surface area contributed by atoms with E-state index in [4.69, 9.17) is 9.68 Å². The molecular weight excluding hydrogens is 374 g/mol. The standard InChI is InChI=1S/C20H15N5O2S/c21-9-10-22-16(26)11-17-24-25-18(27-17)12-19-23-15-8-4-7-14(20(15)28-19)13-5-2-1-3-6-13/h1-8H,10-12H2,(H,22,26). The molecule has 0 aliphatic carbocycles. The fourth-order valence-electron chi connectivity index (χ4n) is 2.81. The Morgan fingerprint density at radius 1 is 1.11 bits per heavy atom. The van der Waals surface area contributed by atoms with Gasteiger partial charge in [-0.15, -0.1) is 21.5 Å². The molecule has 0 bridgehead atoms. The summed E-state index contributed by atoms with van der Waals surface area (Å²) in [5, 5.41) is 19.7. The van der Waals surface area contributed by atoms with Crippen LogP contribution in [0.3, 0.4) is 0 Å². The van der Waals surface area contributed by atoms with Crippen LogP contribution in [-0.2, 0) is 17.6 Å². The number of carbonyl (C=O) groups excluding carboxylic acids is 1. The van der Waals surface area contributed by atoms with Gasteiger partial charge < -0.3 is 9.73 Å². The predicted octanol–water partition coefficient (Wildman–Crippen LogP) is 3.12. The summed E-state index contributed by atoms with van der Waals surface area (Å²) < 4.78 is 6.66. The third-order valence-electron chi connectivity index (χ3n) is 4.03. The molecule has 2 aromatic heterocycles.